The van der Waals surface area contributed by atoms with Gasteiger partial charge in [-0.05, 0) is 31.5 Å². The van der Waals surface area contributed by atoms with E-state index in [1.54, 1.807) is 12.1 Å². The Morgan fingerprint density at radius 2 is 2.00 bits per heavy atom. The van der Waals surface area contributed by atoms with Crippen molar-refractivity contribution in [2.45, 2.75) is 13.8 Å². The second-order valence-corrected chi connectivity index (χ2v) is 5.47. The lowest BCUT2D eigenvalue weighted by atomic mass is 10.2. The van der Waals surface area contributed by atoms with Crippen LogP contribution in [0.25, 0.3) is 0 Å². The van der Waals surface area contributed by atoms with Gasteiger partial charge in [0.25, 0.3) is 0 Å². The third kappa shape index (κ3) is 3.57. The van der Waals surface area contributed by atoms with Crippen molar-refractivity contribution in [1.82, 2.24) is 20.2 Å². The molecule has 3 aromatic rings. The van der Waals surface area contributed by atoms with Gasteiger partial charge in [0.1, 0.15) is 10.8 Å². The van der Waals surface area contributed by atoms with Crippen LogP contribution in [0.15, 0.2) is 30.5 Å². The third-order valence-corrected chi connectivity index (χ3v) is 3.34. The van der Waals surface area contributed by atoms with Crippen molar-refractivity contribution in [3.05, 3.63) is 52.6 Å². The molecule has 0 aliphatic heterocycles. The summed E-state index contributed by atoms with van der Waals surface area (Å²) in [5.41, 5.74) is 2.12. The molecule has 8 heteroatoms. The molecule has 0 saturated heterocycles. The molecule has 2 aromatic heterocycles. The molecule has 0 aliphatic carbocycles. The first-order chi connectivity index (χ1) is 11.0. The first kappa shape index (κ1) is 15.2. The van der Waals surface area contributed by atoms with Crippen LogP contribution in [0, 0.1) is 19.7 Å². The number of nitrogens with zero attached hydrogens (tertiary/aromatic N) is 3. The summed E-state index contributed by atoms with van der Waals surface area (Å²) < 4.78 is 13.8. The third-order valence-electron chi connectivity index (χ3n) is 3.06. The monoisotopic (exact) mass is 332 g/mol. The Hall–Kier alpha value is -2.67. The van der Waals surface area contributed by atoms with E-state index in [4.69, 9.17) is 11.6 Å². The van der Waals surface area contributed by atoms with Crippen LogP contribution in [-0.4, -0.2) is 20.2 Å². The SMILES string of the molecule is Cc1ccc(F)c(Nc2ncc(Cl)c(Nc3cc(C)[nH]n3)n2)c1. The van der Waals surface area contributed by atoms with Gasteiger partial charge in [0, 0.05) is 11.8 Å². The number of aromatic nitrogens is 4. The summed E-state index contributed by atoms with van der Waals surface area (Å²) in [6.07, 6.45) is 1.44. The van der Waals surface area contributed by atoms with Gasteiger partial charge in [-0.2, -0.15) is 10.1 Å². The smallest absolute Gasteiger partial charge is 0.229 e. The highest BCUT2D eigenvalue weighted by molar-refractivity contribution is 6.32. The molecule has 3 rings (SSSR count). The highest BCUT2D eigenvalue weighted by Crippen LogP contribution is 2.25. The Bertz CT molecular complexity index is 848. The van der Waals surface area contributed by atoms with Crippen molar-refractivity contribution in [3.8, 4) is 0 Å². The molecule has 118 valence electrons. The van der Waals surface area contributed by atoms with Crippen molar-refractivity contribution in [2.24, 2.45) is 0 Å². The van der Waals surface area contributed by atoms with E-state index in [0.29, 0.717) is 22.3 Å². The maximum Gasteiger partial charge on any atom is 0.229 e. The normalized spacial score (nSPS) is 10.6. The summed E-state index contributed by atoms with van der Waals surface area (Å²) in [7, 11) is 0. The molecule has 1 aromatic carbocycles. The fourth-order valence-electron chi connectivity index (χ4n) is 1.97. The number of anilines is 4. The van der Waals surface area contributed by atoms with Crippen LogP contribution in [0.3, 0.4) is 0 Å². The zero-order valence-electron chi connectivity index (χ0n) is 12.5. The second kappa shape index (κ2) is 6.21. The van der Waals surface area contributed by atoms with Crippen LogP contribution in [0.4, 0.5) is 27.7 Å². The van der Waals surface area contributed by atoms with E-state index in [1.807, 2.05) is 19.9 Å². The van der Waals surface area contributed by atoms with Crippen molar-refractivity contribution in [2.75, 3.05) is 10.6 Å². The molecule has 0 spiro atoms. The van der Waals surface area contributed by atoms with E-state index in [9.17, 15) is 4.39 Å². The average molecular weight is 333 g/mol. The molecule has 3 N–H and O–H groups in total. The van der Waals surface area contributed by atoms with Gasteiger partial charge in [-0.15, -0.1) is 0 Å². The van der Waals surface area contributed by atoms with Crippen molar-refractivity contribution < 1.29 is 4.39 Å². The summed E-state index contributed by atoms with van der Waals surface area (Å²) in [6.45, 7) is 3.76. The number of rotatable bonds is 4. The van der Waals surface area contributed by atoms with Gasteiger partial charge in [-0.1, -0.05) is 17.7 Å². The zero-order chi connectivity index (χ0) is 16.4. The van der Waals surface area contributed by atoms with Gasteiger partial charge in [-0.3, -0.25) is 5.10 Å². The first-order valence-corrected chi connectivity index (χ1v) is 7.24. The van der Waals surface area contributed by atoms with Gasteiger partial charge >= 0.3 is 0 Å². The summed E-state index contributed by atoms with van der Waals surface area (Å²) >= 11 is 6.09. The van der Waals surface area contributed by atoms with Crippen molar-refractivity contribution in [3.63, 3.8) is 0 Å². The molecule has 2 heterocycles. The van der Waals surface area contributed by atoms with Crippen LogP contribution in [0.5, 0.6) is 0 Å². The topological polar surface area (TPSA) is 78.5 Å². The Labute approximate surface area is 137 Å². The Morgan fingerprint density at radius 3 is 2.74 bits per heavy atom. The molecule has 0 atom stereocenters. The van der Waals surface area contributed by atoms with Gasteiger partial charge in [-0.25, -0.2) is 9.37 Å². The number of H-pyrrole nitrogens is 1. The fourth-order valence-corrected chi connectivity index (χ4v) is 2.11. The van der Waals surface area contributed by atoms with Gasteiger partial charge in [0.05, 0.1) is 11.9 Å². The Morgan fingerprint density at radius 1 is 1.17 bits per heavy atom. The highest BCUT2D eigenvalue weighted by atomic mass is 35.5. The standard InChI is InChI=1S/C15H14ClFN6/c1-8-3-4-11(17)12(5-8)19-15-18-7-10(16)14(21-15)20-13-6-9(2)22-23-13/h3-7H,1-2H3,(H3,18,19,20,21,22,23). The predicted molar refractivity (Wildman–Crippen MR) is 88.1 cm³/mol. The number of benzene rings is 1. The number of hydrogen-bond donors (Lipinski definition) is 3. The van der Waals surface area contributed by atoms with E-state index in [-0.39, 0.29) is 11.8 Å². The highest BCUT2D eigenvalue weighted by Gasteiger charge is 2.09. The minimum Gasteiger partial charge on any atom is -0.322 e. The first-order valence-electron chi connectivity index (χ1n) is 6.86. The average Bonchev–Trinajstić information content (AvgIpc) is 2.92. The predicted octanol–water partition coefficient (Wildman–Crippen LogP) is 4.10. The molecule has 0 bridgehead atoms. The second-order valence-electron chi connectivity index (χ2n) is 5.06. The van der Waals surface area contributed by atoms with Crippen LogP contribution in [-0.2, 0) is 0 Å². The summed E-state index contributed by atoms with van der Waals surface area (Å²) in [6, 6.07) is 6.57. The fraction of sp³-hybridized carbons (Fsp3) is 0.133. The maximum atomic E-state index is 13.8. The molecule has 0 radical (unpaired) electrons. The number of hydrogen-bond acceptors (Lipinski definition) is 5. The lowest BCUT2D eigenvalue weighted by molar-refractivity contribution is 0.631. The van der Waals surface area contributed by atoms with Gasteiger partial charge in [0.15, 0.2) is 11.6 Å². The minimum absolute atomic E-state index is 0.230. The number of halogens is 2. The van der Waals surface area contributed by atoms with Gasteiger partial charge < -0.3 is 10.6 Å². The molecule has 23 heavy (non-hydrogen) atoms. The largest absolute Gasteiger partial charge is 0.322 e. The molecule has 0 aliphatic rings. The van der Waals surface area contributed by atoms with Crippen LogP contribution in [0.1, 0.15) is 11.3 Å². The lowest BCUT2D eigenvalue weighted by Crippen LogP contribution is -2.03. The Balaban J connectivity index is 1.86. The summed E-state index contributed by atoms with van der Waals surface area (Å²) in [5, 5.41) is 13.0. The van der Waals surface area contributed by atoms with E-state index >= 15 is 0 Å². The molecule has 0 saturated carbocycles. The molecular formula is C15H14ClFN6. The lowest BCUT2D eigenvalue weighted by Gasteiger charge is -2.09. The number of aromatic amines is 1. The van der Waals surface area contributed by atoms with Crippen LogP contribution >= 0.6 is 11.6 Å². The number of aryl methyl sites for hydroxylation is 2. The molecular weight excluding hydrogens is 319 g/mol. The molecule has 6 nitrogen and oxygen atoms in total. The zero-order valence-corrected chi connectivity index (χ0v) is 13.2. The van der Waals surface area contributed by atoms with E-state index < -0.39 is 0 Å². The Kier molecular flexibility index (Phi) is 4.12. The summed E-state index contributed by atoms with van der Waals surface area (Å²) in [5.74, 6) is 0.805. The van der Waals surface area contributed by atoms with E-state index in [0.717, 1.165) is 11.3 Å². The van der Waals surface area contributed by atoms with E-state index in [1.165, 1.54) is 12.3 Å². The summed E-state index contributed by atoms with van der Waals surface area (Å²) in [4.78, 5) is 8.32. The molecule has 0 unspecified atom stereocenters. The van der Waals surface area contributed by atoms with Crippen LogP contribution in [0.2, 0.25) is 5.02 Å². The van der Waals surface area contributed by atoms with Crippen molar-refractivity contribution in [1.29, 1.82) is 0 Å². The van der Waals surface area contributed by atoms with Crippen LogP contribution < -0.4 is 10.6 Å². The maximum absolute atomic E-state index is 13.8. The number of nitrogens with one attached hydrogen (secondary N) is 3. The minimum atomic E-state index is -0.383. The van der Waals surface area contributed by atoms with Crippen molar-refractivity contribution >= 4 is 34.9 Å². The quantitative estimate of drug-likeness (QED) is 0.670. The molecule has 0 amide bonds. The van der Waals surface area contributed by atoms with E-state index in [2.05, 4.69) is 30.8 Å². The van der Waals surface area contributed by atoms with Gasteiger partial charge in [0.2, 0.25) is 5.95 Å². The molecule has 0 fully saturated rings.